The molecule has 0 radical (unpaired) electrons. The third kappa shape index (κ3) is 5.53. The average molecular weight is 212 g/mol. The highest BCUT2D eigenvalue weighted by Crippen LogP contribution is 2.23. The fourth-order valence-corrected chi connectivity index (χ4v) is 2.31. The van der Waals surface area contributed by atoms with Crippen LogP contribution in [0, 0.1) is 11.3 Å². The number of nitrogens with one attached hydrogen (secondary N) is 2. The molecule has 1 aliphatic rings. The van der Waals surface area contributed by atoms with Crippen molar-refractivity contribution in [1.29, 1.82) is 0 Å². The van der Waals surface area contributed by atoms with E-state index in [2.05, 4.69) is 38.5 Å². The zero-order chi connectivity index (χ0) is 11.3. The Bertz CT molecular complexity index is 164. The van der Waals surface area contributed by atoms with Crippen molar-refractivity contribution in [3.63, 3.8) is 0 Å². The maximum atomic E-state index is 3.61. The van der Waals surface area contributed by atoms with Gasteiger partial charge in [0, 0.05) is 6.04 Å². The molecule has 0 heterocycles. The van der Waals surface area contributed by atoms with Gasteiger partial charge in [0.1, 0.15) is 0 Å². The first-order valence-electron chi connectivity index (χ1n) is 6.39. The normalized spacial score (nSPS) is 28.0. The van der Waals surface area contributed by atoms with E-state index in [1.165, 1.54) is 32.2 Å². The first-order valence-corrected chi connectivity index (χ1v) is 6.39. The maximum Gasteiger partial charge on any atom is 0.00642 e. The summed E-state index contributed by atoms with van der Waals surface area (Å²) >= 11 is 0. The van der Waals surface area contributed by atoms with E-state index in [0.717, 1.165) is 18.5 Å². The highest BCUT2D eigenvalue weighted by atomic mass is 14.9. The second kappa shape index (κ2) is 5.86. The van der Waals surface area contributed by atoms with Gasteiger partial charge in [-0.25, -0.2) is 0 Å². The summed E-state index contributed by atoms with van der Waals surface area (Å²) in [5.74, 6) is 0.914. The molecule has 0 amide bonds. The lowest BCUT2D eigenvalue weighted by atomic mass is 9.86. The molecule has 0 unspecified atom stereocenters. The smallest absolute Gasteiger partial charge is 0.00642 e. The molecule has 0 aromatic carbocycles. The Kier molecular flexibility index (Phi) is 5.07. The highest BCUT2D eigenvalue weighted by Gasteiger charge is 2.20. The standard InChI is InChI=1S/C13H28N2/c1-13(2,3)10-15-9-11-5-7-12(14-4)8-6-11/h11-12,14-15H,5-10H2,1-4H3. The van der Waals surface area contributed by atoms with Crippen LogP contribution in [0.25, 0.3) is 0 Å². The van der Waals surface area contributed by atoms with Crippen molar-refractivity contribution < 1.29 is 0 Å². The van der Waals surface area contributed by atoms with Crippen molar-refractivity contribution in [3.8, 4) is 0 Å². The van der Waals surface area contributed by atoms with Gasteiger partial charge in [0.15, 0.2) is 0 Å². The molecule has 15 heavy (non-hydrogen) atoms. The minimum Gasteiger partial charge on any atom is -0.317 e. The van der Waals surface area contributed by atoms with Crippen LogP contribution in [0.5, 0.6) is 0 Å². The Labute approximate surface area is 95.2 Å². The summed E-state index contributed by atoms with van der Waals surface area (Å²) in [7, 11) is 2.09. The van der Waals surface area contributed by atoms with Gasteiger partial charge >= 0.3 is 0 Å². The lowest BCUT2D eigenvalue weighted by molar-refractivity contribution is 0.278. The SMILES string of the molecule is CNC1CCC(CNCC(C)(C)C)CC1. The molecule has 1 aliphatic carbocycles. The van der Waals surface area contributed by atoms with Crippen LogP contribution in [0.15, 0.2) is 0 Å². The van der Waals surface area contributed by atoms with Crippen LogP contribution < -0.4 is 10.6 Å². The van der Waals surface area contributed by atoms with Crippen LogP contribution in [-0.4, -0.2) is 26.2 Å². The molecule has 2 heteroatoms. The van der Waals surface area contributed by atoms with E-state index in [4.69, 9.17) is 0 Å². The third-order valence-corrected chi connectivity index (χ3v) is 3.34. The summed E-state index contributed by atoms with van der Waals surface area (Å²) in [6.07, 6.45) is 5.50. The van der Waals surface area contributed by atoms with E-state index in [0.29, 0.717) is 5.41 Å². The van der Waals surface area contributed by atoms with Gasteiger partial charge in [-0.05, 0) is 57.2 Å². The number of rotatable bonds is 4. The first kappa shape index (κ1) is 13.0. The van der Waals surface area contributed by atoms with Gasteiger partial charge in [0.05, 0.1) is 0 Å². The van der Waals surface area contributed by atoms with Crippen molar-refractivity contribution >= 4 is 0 Å². The summed E-state index contributed by atoms with van der Waals surface area (Å²) in [6.45, 7) is 9.22. The van der Waals surface area contributed by atoms with Gasteiger partial charge in [0.25, 0.3) is 0 Å². The molecule has 0 aromatic heterocycles. The molecular weight excluding hydrogens is 184 g/mol. The minimum absolute atomic E-state index is 0.419. The Hall–Kier alpha value is -0.0800. The van der Waals surface area contributed by atoms with Gasteiger partial charge in [-0.3, -0.25) is 0 Å². The number of hydrogen-bond donors (Lipinski definition) is 2. The molecule has 1 saturated carbocycles. The van der Waals surface area contributed by atoms with Crippen LogP contribution >= 0.6 is 0 Å². The first-order chi connectivity index (χ1) is 7.01. The average Bonchev–Trinajstić information content (AvgIpc) is 2.17. The minimum atomic E-state index is 0.419. The molecule has 1 rings (SSSR count). The molecule has 0 bridgehead atoms. The van der Waals surface area contributed by atoms with Crippen molar-refractivity contribution in [2.24, 2.45) is 11.3 Å². The summed E-state index contributed by atoms with van der Waals surface area (Å²) in [5.41, 5.74) is 0.419. The van der Waals surface area contributed by atoms with E-state index in [1.54, 1.807) is 0 Å². The molecule has 2 nitrogen and oxygen atoms in total. The third-order valence-electron chi connectivity index (χ3n) is 3.34. The van der Waals surface area contributed by atoms with Gasteiger partial charge in [0.2, 0.25) is 0 Å². The van der Waals surface area contributed by atoms with Crippen LogP contribution in [0.1, 0.15) is 46.5 Å². The second-order valence-corrected chi connectivity index (χ2v) is 6.20. The van der Waals surface area contributed by atoms with Gasteiger partial charge in [-0.1, -0.05) is 20.8 Å². The summed E-state index contributed by atoms with van der Waals surface area (Å²) < 4.78 is 0. The largest absolute Gasteiger partial charge is 0.317 e. The van der Waals surface area contributed by atoms with Crippen molar-refractivity contribution in [3.05, 3.63) is 0 Å². The van der Waals surface area contributed by atoms with Crippen molar-refractivity contribution in [1.82, 2.24) is 10.6 Å². The van der Waals surface area contributed by atoms with Crippen LogP contribution in [0.3, 0.4) is 0 Å². The predicted octanol–water partition coefficient (Wildman–Crippen LogP) is 2.40. The predicted molar refractivity (Wildman–Crippen MR) is 67.1 cm³/mol. The van der Waals surface area contributed by atoms with Gasteiger partial charge in [-0.2, -0.15) is 0 Å². The van der Waals surface area contributed by atoms with Crippen LogP contribution in [-0.2, 0) is 0 Å². The molecule has 2 N–H and O–H groups in total. The van der Waals surface area contributed by atoms with Gasteiger partial charge < -0.3 is 10.6 Å². The lowest BCUT2D eigenvalue weighted by Gasteiger charge is -2.29. The topological polar surface area (TPSA) is 24.1 Å². The van der Waals surface area contributed by atoms with Crippen LogP contribution in [0.4, 0.5) is 0 Å². The molecule has 1 fully saturated rings. The molecule has 90 valence electrons. The van der Waals surface area contributed by atoms with Gasteiger partial charge in [-0.15, -0.1) is 0 Å². The summed E-state index contributed by atoms with van der Waals surface area (Å²) in [4.78, 5) is 0. The molecular formula is C13H28N2. The van der Waals surface area contributed by atoms with Crippen molar-refractivity contribution in [2.45, 2.75) is 52.5 Å². The highest BCUT2D eigenvalue weighted by molar-refractivity contribution is 4.77. The molecule has 0 spiro atoms. The number of hydrogen-bond acceptors (Lipinski definition) is 2. The Balaban J connectivity index is 2.09. The van der Waals surface area contributed by atoms with E-state index in [1.807, 2.05) is 0 Å². The molecule has 0 aliphatic heterocycles. The van der Waals surface area contributed by atoms with E-state index >= 15 is 0 Å². The van der Waals surface area contributed by atoms with E-state index in [-0.39, 0.29) is 0 Å². The zero-order valence-electron chi connectivity index (χ0n) is 10.9. The van der Waals surface area contributed by atoms with Crippen molar-refractivity contribution in [2.75, 3.05) is 20.1 Å². The van der Waals surface area contributed by atoms with E-state index < -0.39 is 0 Å². The van der Waals surface area contributed by atoms with Crippen LogP contribution in [0.2, 0.25) is 0 Å². The fourth-order valence-electron chi connectivity index (χ4n) is 2.31. The molecule has 0 aromatic rings. The quantitative estimate of drug-likeness (QED) is 0.748. The Morgan fingerprint density at radius 1 is 1.07 bits per heavy atom. The maximum absolute atomic E-state index is 3.61. The summed E-state index contributed by atoms with van der Waals surface area (Å²) in [5, 5.41) is 6.99. The molecule has 0 atom stereocenters. The van der Waals surface area contributed by atoms with E-state index in [9.17, 15) is 0 Å². The fraction of sp³-hybridized carbons (Fsp3) is 1.00. The monoisotopic (exact) mass is 212 g/mol. The molecule has 0 saturated heterocycles. The summed E-state index contributed by atoms with van der Waals surface area (Å²) in [6, 6.07) is 0.781. The zero-order valence-corrected chi connectivity index (χ0v) is 10.9. The lowest BCUT2D eigenvalue weighted by Crippen LogP contribution is -2.36. The Morgan fingerprint density at radius 3 is 2.13 bits per heavy atom. The second-order valence-electron chi connectivity index (χ2n) is 6.20. The Morgan fingerprint density at radius 2 is 1.67 bits per heavy atom.